The number of sulfonamides is 1. The third-order valence-electron chi connectivity index (χ3n) is 5.64. The number of piperidine rings is 1. The Morgan fingerprint density at radius 1 is 1.21 bits per heavy atom. The number of halogens is 3. The topological polar surface area (TPSA) is 92.5 Å². The van der Waals surface area contributed by atoms with Crippen LogP contribution >= 0.6 is 0 Å². The lowest BCUT2D eigenvalue weighted by Crippen LogP contribution is -2.48. The molecule has 3 rings (SSSR count). The molecule has 0 spiro atoms. The van der Waals surface area contributed by atoms with Gasteiger partial charge in [0, 0.05) is 29.8 Å². The molecule has 0 saturated carbocycles. The highest BCUT2D eigenvalue weighted by Crippen LogP contribution is 2.46. The number of primary amides is 1. The first-order chi connectivity index (χ1) is 13.2. The van der Waals surface area contributed by atoms with Gasteiger partial charge in [-0.1, -0.05) is 0 Å². The van der Waals surface area contributed by atoms with E-state index in [1.807, 2.05) is 0 Å². The van der Waals surface area contributed by atoms with Crippen molar-refractivity contribution in [3.05, 3.63) is 34.6 Å². The number of carbonyl (C=O) groups is 1. The summed E-state index contributed by atoms with van der Waals surface area (Å²) in [5.74, 6) is -5.02. The molecule has 2 aliphatic rings. The van der Waals surface area contributed by atoms with Gasteiger partial charge in [0.1, 0.15) is 5.82 Å². The predicted molar refractivity (Wildman–Crippen MR) is 97.6 cm³/mol. The van der Waals surface area contributed by atoms with Crippen molar-refractivity contribution in [2.45, 2.75) is 50.1 Å². The van der Waals surface area contributed by atoms with E-state index in [-0.39, 0.29) is 36.2 Å². The lowest BCUT2D eigenvalue weighted by atomic mass is 9.84. The van der Waals surface area contributed by atoms with Crippen LogP contribution in [0.1, 0.15) is 42.7 Å². The molecule has 3 atom stereocenters. The number of amides is 1. The number of fused-ring (bicyclic) bond motifs is 2. The molecule has 2 heterocycles. The Kier molecular flexibility index (Phi) is 6.02. The number of nitrogens with two attached hydrogens (primary N) is 1. The SMILES string of the molecule is CNCCS(=O)(=O)N1C2CC[C@@H]1CC(c1c(F)c(F)cc(CC(N)=O)c1F)C2. The second-order valence-corrected chi connectivity index (χ2v) is 9.50. The van der Waals surface area contributed by atoms with Gasteiger partial charge < -0.3 is 11.1 Å². The van der Waals surface area contributed by atoms with Crippen molar-refractivity contribution in [2.24, 2.45) is 5.73 Å². The molecule has 156 valence electrons. The molecule has 6 nitrogen and oxygen atoms in total. The monoisotopic (exact) mass is 419 g/mol. The van der Waals surface area contributed by atoms with Gasteiger partial charge in [-0.25, -0.2) is 21.6 Å². The van der Waals surface area contributed by atoms with Crippen LogP contribution < -0.4 is 11.1 Å². The van der Waals surface area contributed by atoms with Crippen molar-refractivity contribution in [2.75, 3.05) is 19.3 Å². The number of benzene rings is 1. The van der Waals surface area contributed by atoms with Gasteiger partial charge in [-0.05, 0) is 44.7 Å². The zero-order valence-corrected chi connectivity index (χ0v) is 16.4. The summed E-state index contributed by atoms with van der Waals surface area (Å²) in [5, 5.41) is 2.81. The molecule has 3 N–H and O–H groups in total. The minimum atomic E-state index is -3.49. The van der Waals surface area contributed by atoms with E-state index >= 15 is 0 Å². The van der Waals surface area contributed by atoms with E-state index in [1.54, 1.807) is 7.05 Å². The molecule has 2 saturated heterocycles. The quantitative estimate of drug-likeness (QED) is 0.654. The molecular weight excluding hydrogens is 395 g/mol. The molecule has 2 bridgehead atoms. The highest BCUT2D eigenvalue weighted by molar-refractivity contribution is 7.89. The zero-order valence-electron chi connectivity index (χ0n) is 15.6. The number of rotatable bonds is 7. The number of nitrogens with one attached hydrogen (secondary N) is 1. The maximum absolute atomic E-state index is 14.9. The number of carbonyl (C=O) groups excluding carboxylic acids is 1. The normalized spacial score (nSPS) is 25.2. The highest BCUT2D eigenvalue weighted by Gasteiger charge is 2.47. The lowest BCUT2D eigenvalue weighted by Gasteiger charge is -2.38. The molecular formula is C18H24F3N3O3S. The third-order valence-corrected chi connectivity index (χ3v) is 7.59. The van der Waals surface area contributed by atoms with Crippen LogP contribution in [0.5, 0.6) is 0 Å². The van der Waals surface area contributed by atoms with Crippen molar-refractivity contribution in [1.82, 2.24) is 9.62 Å². The van der Waals surface area contributed by atoms with Crippen molar-refractivity contribution >= 4 is 15.9 Å². The van der Waals surface area contributed by atoms with Crippen molar-refractivity contribution < 1.29 is 26.4 Å². The number of nitrogens with zero attached hydrogens (tertiary/aromatic N) is 1. The van der Waals surface area contributed by atoms with Crippen LogP contribution in [0.15, 0.2) is 6.07 Å². The molecule has 10 heteroatoms. The molecule has 1 amide bonds. The maximum atomic E-state index is 14.9. The smallest absolute Gasteiger partial charge is 0.221 e. The Balaban J connectivity index is 1.91. The Morgan fingerprint density at radius 3 is 2.36 bits per heavy atom. The van der Waals surface area contributed by atoms with E-state index in [4.69, 9.17) is 5.73 Å². The van der Waals surface area contributed by atoms with E-state index in [2.05, 4.69) is 5.32 Å². The van der Waals surface area contributed by atoms with Crippen LogP contribution in [-0.4, -0.2) is 50.1 Å². The standard InChI is InChI=1S/C18H24F3N3O3S/c1-23-4-5-28(26,27)24-12-2-3-13(24)7-10(6-12)16-17(20)11(9-15(22)25)8-14(19)18(16)21/h8,10,12-13,23H,2-7,9H2,1H3,(H2,22,25)/t10?,12-,13?/m1/s1. The molecule has 2 fully saturated rings. The highest BCUT2D eigenvalue weighted by atomic mass is 32.2. The Labute approximate surface area is 162 Å². The van der Waals surface area contributed by atoms with Crippen LogP contribution in [0, 0.1) is 17.5 Å². The average molecular weight is 419 g/mol. The van der Waals surface area contributed by atoms with Gasteiger partial charge in [-0.2, -0.15) is 4.31 Å². The van der Waals surface area contributed by atoms with Crippen LogP contribution in [0.3, 0.4) is 0 Å². The fourth-order valence-electron chi connectivity index (χ4n) is 4.51. The van der Waals surface area contributed by atoms with Gasteiger partial charge in [0.15, 0.2) is 11.6 Å². The van der Waals surface area contributed by atoms with Gasteiger partial charge in [0.2, 0.25) is 15.9 Å². The summed E-state index contributed by atoms with van der Waals surface area (Å²) in [6.07, 6.45) is 1.10. The third kappa shape index (κ3) is 3.90. The predicted octanol–water partition coefficient (Wildman–Crippen LogP) is 1.39. The van der Waals surface area contributed by atoms with Gasteiger partial charge in [0.05, 0.1) is 12.2 Å². The van der Waals surface area contributed by atoms with Crippen molar-refractivity contribution in [3.63, 3.8) is 0 Å². The summed E-state index contributed by atoms with van der Waals surface area (Å²) >= 11 is 0. The van der Waals surface area contributed by atoms with E-state index < -0.39 is 51.3 Å². The van der Waals surface area contributed by atoms with Crippen molar-refractivity contribution in [3.8, 4) is 0 Å². The second kappa shape index (κ2) is 8.00. The van der Waals surface area contributed by atoms with Crippen LogP contribution in [0.25, 0.3) is 0 Å². The average Bonchev–Trinajstić information content (AvgIpc) is 2.90. The van der Waals surface area contributed by atoms with E-state index in [1.165, 1.54) is 4.31 Å². The zero-order chi connectivity index (χ0) is 20.6. The summed E-state index contributed by atoms with van der Waals surface area (Å²) in [5.41, 5.74) is 4.39. The fraction of sp³-hybridized carbons (Fsp3) is 0.611. The summed E-state index contributed by atoms with van der Waals surface area (Å²) in [7, 11) is -1.83. The Morgan fingerprint density at radius 2 is 1.82 bits per heavy atom. The largest absolute Gasteiger partial charge is 0.369 e. The van der Waals surface area contributed by atoms with Gasteiger partial charge in [0.25, 0.3) is 0 Å². The summed E-state index contributed by atoms with van der Waals surface area (Å²) in [4.78, 5) is 11.1. The minimum Gasteiger partial charge on any atom is -0.369 e. The number of hydrogen-bond acceptors (Lipinski definition) is 4. The molecule has 0 aromatic heterocycles. The Bertz CT molecular complexity index is 865. The summed E-state index contributed by atoms with van der Waals surface area (Å²) in [6.45, 7) is 0.311. The van der Waals surface area contributed by atoms with Gasteiger partial charge in [-0.3, -0.25) is 4.79 Å². The van der Waals surface area contributed by atoms with Gasteiger partial charge >= 0.3 is 0 Å². The minimum absolute atomic E-state index is 0.0490. The first kappa shape index (κ1) is 21.1. The summed E-state index contributed by atoms with van der Waals surface area (Å²) in [6, 6.07) is -0.0789. The molecule has 1 aromatic rings. The molecule has 0 radical (unpaired) electrons. The van der Waals surface area contributed by atoms with E-state index in [0.717, 1.165) is 0 Å². The molecule has 1 aromatic carbocycles. The van der Waals surface area contributed by atoms with Crippen molar-refractivity contribution in [1.29, 1.82) is 0 Å². The van der Waals surface area contributed by atoms with Crippen LogP contribution in [0.2, 0.25) is 0 Å². The fourth-order valence-corrected chi connectivity index (χ4v) is 6.48. The number of hydrogen-bond donors (Lipinski definition) is 2. The molecule has 2 unspecified atom stereocenters. The van der Waals surface area contributed by atoms with Crippen LogP contribution in [-0.2, 0) is 21.2 Å². The second-order valence-electron chi connectivity index (χ2n) is 7.51. The van der Waals surface area contributed by atoms with Gasteiger partial charge in [-0.15, -0.1) is 0 Å². The molecule has 28 heavy (non-hydrogen) atoms. The lowest BCUT2D eigenvalue weighted by molar-refractivity contribution is -0.117. The first-order valence-electron chi connectivity index (χ1n) is 9.26. The van der Waals surface area contributed by atoms with E-state index in [0.29, 0.717) is 25.5 Å². The first-order valence-corrected chi connectivity index (χ1v) is 10.9. The van der Waals surface area contributed by atoms with Crippen LogP contribution in [0.4, 0.5) is 13.2 Å². The molecule has 0 aliphatic carbocycles. The Hall–Kier alpha value is -1.65. The summed E-state index contributed by atoms with van der Waals surface area (Å²) < 4.78 is 70.1. The van der Waals surface area contributed by atoms with E-state index in [9.17, 15) is 26.4 Å². The molecule has 2 aliphatic heterocycles. The maximum Gasteiger partial charge on any atom is 0.221 e.